The van der Waals surface area contributed by atoms with Crippen LogP contribution in [0.5, 0.6) is 0 Å². The highest BCUT2D eigenvalue weighted by Gasteiger charge is 2.09. The number of hydrogen-bond acceptors (Lipinski definition) is 5. The Hall–Kier alpha value is -3.38. The van der Waals surface area contributed by atoms with Crippen molar-refractivity contribution in [3.8, 4) is 11.3 Å². The zero-order valence-electron chi connectivity index (χ0n) is 14.4. The molecular weight excluding hydrogens is 356 g/mol. The number of nitrogens with one attached hydrogen (secondary N) is 1. The second kappa shape index (κ2) is 7.88. The van der Waals surface area contributed by atoms with Crippen molar-refractivity contribution in [3.63, 3.8) is 0 Å². The van der Waals surface area contributed by atoms with E-state index in [-0.39, 0.29) is 5.91 Å². The molecule has 0 saturated heterocycles. The first-order valence-corrected chi connectivity index (χ1v) is 9.32. The summed E-state index contributed by atoms with van der Waals surface area (Å²) >= 11 is 1.62. The maximum atomic E-state index is 12.3. The molecule has 27 heavy (non-hydrogen) atoms. The molecule has 0 spiro atoms. The average Bonchev–Trinajstić information content (AvgIpc) is 3.18. The summed E-state index contributed by atoms with van der Waals surface area (Å²) in [4.78, 5) is 25.3. The van der Waals surface area contributed by atoms with E-state index in [1.165, 1.54) is 0 Å². The normalized spacial score (nSPS) is 10.5. The van der Waals surface area contributed by atoms with Crippen LogP contribution in [-0.4, -0.2) is 20.9 Å². The minimum Gasteiger partial charge on any atom is -0.322 e. The van der Waals surface area contributed by atoms with Gasteiger partial charge in [-0.05, 0) is 36.4 Å². The molecule has 3 heterocycles. The Kier molecular flexibility index (Phi) is 4.98. The molecule has 0 atom stereocenters. The number of nitrogens with zero attached hydrogens (tertiary/aromatic N) is 3. The minimum absolute atomic E-state index is 0.151. The zero-order valence-corrected chi connectivity index (χ0v) is 15.2. The van der Waals surface area contributed by atoms with Crippen molar-refractivity contribution >= 4 is 22.9 Å². The zero-order chi connectivity index (χ0) is 18.5. The monoisotopic (exact) mass is 372 g/mol. The Balaban J connectivity index is 1.45. The first kappa shape index (κ1) is 17.1. The van der Waals surface area contributed by atoms with Gasteiger partial charge >= 0.3 is 0 Å². The molecule has 0 aliphatic rings. The van der Waals surface area contributed by atoms with Crippen LogP contribution in [0, 0.1) is 0 Å². The Morgan fingerprint density at radius 2 is 1.78 bits per heavy atom. The second-order valence-electron chi connectivity index (χ2n) is 5.89. The summed E-state index contributed by atoms with van der Waals surface area (Å²) in [6.45, 7) is 0. The van der Waals surface area contributed by atoms with Gasteiger partial charge in [-0.3, -0.25) is 14.8 Å². The van der Waals surface area contributed by atoms with Gasteiger partial charge in [0.2, 0.25) is 0 Å². The number of rotatable bonds is 5. The lowest BCUT2D eigenvalue weighted by molar-refractivity contribution is 0.102. The van der Waals surface area contributed by atoms with Crippen LogP contribution in [0.2, 0.25) is 0 Å². The van der Waals surface area contributed by atoms with E-state index < -0.39 is 0 Å². The maximum Gasteiger partial charge on any atom is 0.255 e. The Morgan fingerprint density at radius 1 is 0.963 bits per heavy atom. The summed E-state index contributed by atoms with van der Waals surface area (Å²) in [7, 11) is 0. The van der Waals surface area contributed by atoms with Crippen molar-refractivity contribution in [2.24, 2.45) is 0 Å². The van der Waals surface area contributed by atoms with Crippen molar-refractivity contribution in [2.75, 3.05) is 5.32 Å². The first-order chi connectivity index (χ1) is 13.3. The van der Waals surface area contributed by atoms with E-state index >= 15 is 0 Å². The van der Waals surface area contributed by atoms with Crippen molar-refractivity contribution in [3.05, 3.63) is 94.8 Å². The van der Waals surface area contributed by atoms with Gasteiger partial charge in [-0.25, -0.2) is 4.98 Å². The highest BCUT2D eigenvalue weighted by atomic mass is 32.1. The topological polar surface area (TPSA) is 67.8 Å². The van der Waals surface area contributed by atoms with Gasteiger partial charge in [0.05, 0.1) is 10.7 Å². The number of aromatic nitrogens is 3. The molecule has 0 saturated carbocycles. The van der Waals surface area contributed by atoms with E-state index in [0.717, 1.165) is 34.1 Å². The van der Waals surface area contributed by atoms with Crippen molar-refractivity contribution in [1.82, 2.24) is 15.0 Å². The van der Waals surface area contributed by atoms with Crippen LogP contribution in [-0.2, 0) is 6.42 Å². The molecule has 6 heteroatoms. The molecule has 0 aliphatic carbocycles. The molecule has 0 fully saturated rings. The summed E-state index contributed by atoms with van der Waals surface area (Å²) in [5.41, 5.74) is 4.21. The molecule has 4 aromatic rings. The van der Waals surface area contributed by atoms with Crippen molar-refractivity contribution in [2.45, 2.75) is 6.42 Å². The number of hydrogen-bond donors (Lipinski definition) is 1. The summed E-state index contributed by atoms with van der Waals surface area (Å²) < 4.78 is 0. The molecule has 0 bridgehead atoms. The second-order valence-corrected chi connectivity index (χ2v) is 6.83. The molecule has 1 N–H and O–H groups in total. The summed E-state index contributed by atoms with van der Waals surface area (Å²) in [6.07, 6.45) is 5.80. The van der Waals surface area contributed by atoms with Crippen LogP contribution in [0.25, 0.3) is 11.3 Å². The number of carbonyl (C=O) groups excluding carboxylic acids is 1. The standard InChI is InChI=1S/C21H16N4OS/c26-21(24-17-8-11-22-12-9-17)16-6-4-15(5-7-16)19-14-27-20(25-19)13-18-3-1-2-10-23-18/h1-12,14H,13H2,(H,22,24,26). The van der Waals surface area contributed by atoms with Crippen molar-refractivity contribution < 1.29 is 4.79 Å². The van der Waals surface area contributed by atoms with E-state index in [1.807, 2.05) is 47.8 Å². The van der Waals surface area contributed by atoms with Crippen molar-refractivity contribution in [1.29, 1.82) is 0 Å². The van der Waals surface area contributed by atoms with Crippen LogP contribution >= 0.6 is 11.3 Å². The molecule has 5 nitrogen and oxygen atoms in total. The predicted molar refractivity (Wildman–Crippen MR) is 107 cm³/mol. The Bertz CT molecular complexity index is 1030. The molecule has 0 aliphatic heterocycles. The molecule has 132 valence electrons. The third-order valence-corrected chi connectivity index (χ3v) is 4.84. The number of benzene rings is 1. The molecular formula is C21H16N4OS. The van der Waals surface area contributed by atoms with Crippen LogP contribution in [0.1, 0.15) is 21.1 Å². The van der Waals surface area contributed by atoms with Gasteiger partial charge in [0.25, 0.3) is 5.91 Å². The third kappa shape index (κ3) is 4.24. The third-order valence-electron chi connectivity index (χ3n) is 3.99. The number of anilines is 1. The lowest BCUT2D eigenvalue weighted by Crippen LogP contribution is -2.11. The molecule has 1 amide bonds. The van der Waals surface area contributed by atoms with E-state index in [9.17, 15) is 4.79 Å². The van der Waals surface area contributed by atoms with Crippen LogP contribution in [0.3, 0.4) is 0 Å². The smallest absolute Gasteiger partial charge is 0.255 e. The SMILES string of the molecule is O=C(Nc1ccncc1)c1ccc(-c2csc(Cc3ccccn3)n2)cc1. The molecule has 1 aromatic carbocycles. The number of thiazole rings is 1. The quantitative estimate of drug-likeness (QED) is 0.562. The summed E-state index contributed by atoms with van der Waals surface area (Å²) in [6, 6.07) is 16.8. The van der Waals surface area contributed by atoms with E-state index in [1.54, 1.807) is 42.1 Å². The van der Waals surface area contributed by atoms with Gasteiger partial charge in [0, 0.05) is 52.9 Å². The summed E-state index contributed by atoms with van der Waals surface area (Å²) in [5, 5.41) is 5.90. The minimum atomic E-state index is -0.151. The molecule has 0 radical (unpaired) electrons. The van der Waals surface area contributed by atoms with E-state index in [0.29, 0.717) is 5.56 Å². The van der Waals surface area contributed by atoms with Gasteiger partial charge in [-0.1, -0.05) is 18.2 Å². The van der Waals surface area contributed by atoms with Crippen LogP contribution < -0.4 is 5.32 Å². The van der Waals surface area contributed by atoms with E-state index in [2.05, 4.69) is 20.3 Å². The number of pyridine rings is 2. The fourth-order valence-corrected chi connectivity index (χ4v) is 3.43. The summed E-state index contributed by atoms with van der Waals surface area (Å²) in [5.74, 6) is -0.151. The van der Waals surface area contributed by atoms with Gasteiger partial charge in [-0.2, -0.15) is 0 Å². The molecule has 4 rings (SSSR count). The van der Waals surface area contributed by atoms with Gasteiger partial charge in [-0.15, -0.1) is 11.3 Å². The van der Waals surface area contributed by atoms with E-state index in [4.69, 9.17) is 0 Å². The predicted octanol–water partition coefficient (Wildman–Crippen LogP) is 4.44. The number of amides is 1. The van der Waals surface area contributed by atoms with Gasteiger partial charge in [0.15, 0.2) is 0 Å². The lowest BCUT2D eigenvalue weighted by atomic mass is 10.1. The van der Waals surface area contributed by atoms with Gasteiger partial charge in [0.1, 0.15) is 0 Å². The average molecular weight is 372 g/mol. The van der Waals surface area contributed by atoms with Crippen LogP contribution in [0.15, 0.2) is 78.6 Å². The first-order valence-electron chi connectivity index (χ1n) is 8.44. The maximum absolute atomic E-state index is 12.3. The Labute approximate surface area is 160 Å². The molecule has 3 aromatic heterocycles. The largest absolute Gasteiger partial charge is 0.322 e. The highest BCUT2D eigenvalue weighted by Crippen LogP contribution is 2.24. The lowest BCUT2D eigenvalue weighted by Gasteiger charge is -2.05. The molecule has 0 unspecified atom stereocenters. The number of carbonyl (C=O) groups is 1. The fourth-order valence-electron chi connectivity index (χ4n) is 2.61. The Morgan fingerprint density at radius 3 is 2.52 bits per heavy atom. The van der Waals surface area contributed by atoms with Crippen LogP contribution in [0.4, 0.5) is 5.69 Å². The highest BCUT2D eigenvalue weighted by molar-refractivity contribution is 7.10. The van der Waals surface area contributed by atoms with Gasteiger partial charge < -0.3 is 5.32 Å². The fraction of sp³-hybridized carbons (Fsp3) is 0.0476.